The molecule has 0 aliphatic rings. The molecule has 2 aromatic rings. The summed E-state index contributed by atoms with van der Waals surface area (Å²) in [6.07, 6.45) is 0. The van der Waals surface area contributed by atoms with Crippen LogP contribution in [0.15, 0.2) is 29.1 Å². The van der Waals surface area contributed by atoms with E-state index in [1.165, 1.54) is 4.57 Å². The number of carbonyl (C=O) groups excluding carboxylic acids is 1. The van der Waals surface area contributed by atoms with E-state index in [2.05, 4.69) is 20.5 Å². The molecular weight excluding hydrogens is 270 g/mol. The molecular formula is C14H14N3O2Si. The summed E-state index contributed by atoms with van der Waals surface area (Å²) >= 11 is 0. The third-order valence-corrected chi connectivity index (χ3v) is 3.74. The second-order valence-electron chi connectivity index (χ2n) is 4.51. The third kappa shape index (κ3) is 2.55. The molecule has 1 heterocycles. The normalized spacial score (nSPS) is 10.4. The molecule has 0 saturated carbocycles. The van der Waals surface area contributed by atoms with Gasteiger partial charge in [0.25, 0.3) is 5.91 Å². The summed E-state index contributed by atoms with van der Waals surface area (Å²) in [5.74, 6) is -0.00984. The number of amides is 1. The summed E-state index contributed by atoms with van der Waals surface area (Å²) in [7, 11) is 5.03. The highest BCUT2D eigenvalue weighted by atomic mass is 28.1. The van der Waals surface area contributed by atoms with Gasteiger partial charge in [0.1, 0.15) is 5.82 Å². The molecule has 2 rings (SSSR count). The number of benzene rings is 1. The van der Waals surface area contributed by atoms with Gasteiger partial charge in [0, 0.05) is 23.9 Å². The minimum Gasteiger partial charge on any atom is -0.306 e. The van der Waals surface area contributed by atoms with Crippen molar-refractivity contribution in [2.75, 3.05) is 5.32 Å². The van der Waals surface area contributed by atoms with Gasteiger partial charge in [-0.3, -0.25) is 9.36 Å². The Morgan fingerprint density at radius 1 is 1.30 bits per heavy atom. The summed E-state index contributed by atoms with van der Waals surface area (Å²) < 4.78 is 1.45. The zero-order valence-electron chi connectivity index (χ0n) is 11.5. The summed E-state index contributed by atoms with van der Waals surface area (Å²) in [4.78, 5) is 27.8. The Labute approximate surface area is 120 Å². The van der Waals surface area contributed by atoms with Crippen LogP contribution in [0, 0.1) is 13.8 Å². The fourth-order valence-corrected chi connectivity index (χ4v) is 2.09. The minimum absolute atomic E-state index is 0.297. The van der Waals surface area contributed by atoms with Gasteiger partial charge in [0.05, 0.1) is 10.2 Å². The Bertz CT molecular complexity index is 738. The van der Waals surface area contributed by atoms with Crippen molar-refractivity contribution < 1.29 is 4.79 Å². The van der Waals surface area contributed by atoms with E-state index in [0.717, 1.165) is 11.3 Å². The number of carbonyl (C=O) groups is 1. The first-order valence-electron chi connectivity index (χ1n) is 6.08. The smallest absolute Gasteiger partial charge is 0.306 e. The van der Waals surface area contributed by atoms with Gasteiger partial charge in [-0.25, -0.2) is 4.79 Å². The standard InChI is InChI=1S/C14H14N3O2Si/c1-8-9(2)17(3)14(19)16-12(8)15-13(18)10-6-4-5-7-11(10)20/h4-7H,1-3H3,(H,15,16,18,19). The van der Waals surface area contributed by atoms with Crippen molar-refractivity contribution in [2.24, 2.45) is 7.05 Å². The Kier molecular flexibility index (Phi) is 3.85. The van der Waals surface area contributed by atoms with Crippen LogP contribution < -0.4 is 16.2 Å². The van der Waals surface area contributed by atoms with E-state index >= 15 is 0 Å². The summed E-state index contributed by atoms with van der Waals surface area (Å²) in [6, 6.07) is 7.07. The highest BCUT2D eigenvalue weighted by Gasteiger charge is 2.13. The van der Waals surface area contributed by atoms with Crippen LogP contribution in [0.5, 0.6) is 0 Å². The zero-order valence-corrected chi connectivity index (χ0v) is 12.5. The molecule has 3 radical (unpaired) electrons. The van der Waals surface area contributed by atoms with Crippen molar-refractivity contribution in [1.29, 1.82) is 0 Å². The largest absolute Gasteiger partial charge is 0.349 e. The maximum atomic E-state index is 12.2. The van der Waals surface area contributed by atoms with Crippen LogP contribution in [0.25, 0.3) is 0 Å². The fraction of sp³-hybridized carbons (Fsp3) is 0.214. The molecule has 0 saturated heterocycles. The highest BCUT2D eigenvalue weighted by Crippen LogP contribution is 2.13. The van der Waals surface area contributed by atoms with Gasteiger partial charge in [0.2, 0.25) is 0 Å². The second-order valence-corrected chi connectivity index (χ2v) is 5.05. The van der Waals surface area contributed by atoms with Gasteiger partial charge in [-0.15, -0.1) is 0 Å². The maximum Gasteiger partial charge on any atom is 0.349 e. The molecule has 6 heteroatoms. The molecule has 101 valence electrons. The van der Waals surface area contributed by atoms with E-state index < -0.39 is 5.69 Å². The van der Waals surface area contributed by atoms with Gasteiger partial charge in [0.15, 0.2) is 0 Å². The number of anilines is 1. The fourth-order valence-electron chi connectivity index (χ4n) is 1.80. The van der Waals surface area contributed by atoms with Crippen LogP contribution in [0.2, 0.25) is 0 Å². The summed E-state index contributed by atoms with van der Waals surface area (Å²) in [5, 5.41) is 3.37. The number of aromatic nitrogens is 2. The van der Waals surface area contributed by atoms with Crippen molar-refractivity contribution in [3.63, 3.8) is 0 Å². The summed E-state index contributed by atoms with van der Waals surface area (Å²) in [5.41, 5.74) is 1.64. The first-order chi connectivity index (χ1) is 9.41. The molecule has 0 aliphatic heterocycles. The van der Waals surface area contributed by atoms with Crippen LogP contribution >= 0.6 is 0 Å². The molecule has 0 atom stereocenters. The predicted molar refractivity (Wildman–Crippen MR) is 78.7 cm³/mol. The Morgan fingerprint density at radius 2 is 1.95 bits per heavy atom. The molecule has 1 amide bonds. The molecule has 0 aliphatic carbocycles. The molecule has 1 N–H and O–H groups in total. The topological polar surface area (TPSA) is 64.0 Å². The SMILES string of the molecule is Cc1c(NC(=O)c2ccccc2[Si])nc(=O)n(C)c1C. The van der Waals surface area contributed by atoms with E-state index in [1.54, 1.807) is 25.2 Å². The monoisotopic (exact) mass is 284 g/mol. The van der Waals surface area contributed by atoms with Crippen LogP contribution in [-0.4, -0.2) is 25.7 Å². The molecule has 0 spiro atoms. The Morgan fingerprint density at radius 3 is 2.60 bits per heavy atom. The predicted octanol–water partition coefficient (Wildman–Crippen LogP) is 0.443. The van der Waals surface area contributed by atoms with Crippen molar-refractivity contribution in [3.8, 4) is 0 Å². The lowest BCUT2D eigenvalue weighted by atomic mass is 10.2. The number of nitrogens with zero attached hydrogens (tertiary/aromatic N) is 2. The van der Waals surface area contributed by atoms with Crippen LogP contribution in [-0.2, 0) is 7.05 Å². The molecule has 20 heavy (non-hydrogen) atoms. The lowest BCUT2D eigenvalue weighted by molar-refractivity contribution is 0.102. The lowest BCUT2D eigenvalue weighted by Gasteiger charge is -2.12. The van der Waals surface area contributed by atoms with Crippen molar-refractivity contribution >= 4 is 27.2 Å². The molecule has 1 aromatic carbocycles. The Balaban J connectivity index is 2.39. The zero-order chi connectivity index (χ0) is 14.9. The van der Waals surface area contributed by atoms with Gasteiger partial charge >= 0.3 is 5.69 Å². The van der Waals surface area contributed by atoms with E-state index in [4.69, 9.17) is 0 Å². The van der Waals surface area contributed by atoms with Crippen molar-refractivity contribution in [2.45, 2.75) is 13.8 Å². The van der Waals surface area contributed by atoms with Crippen LogP contribution in [0.3, 0.4) is 0 Å². The Hall–Kier alpha value is -2.21. The van der Waals surface area contributed by atoms with E-state index in [0.29, 0.717) is 16.6 Å². The lowest BCUT2D eigenvalue weighted by Crippen LogP contribution is -2.28. The van der Waals surface area contributed by atoms with E-state index in [-0.39, 0.29) is 5.91 Å². The number of rotatable bonds is 2. The molecule has 0 bridgehead atoms. The highest BCUT2D eigenvalue weighted by molar-refractivity contribution is 6.37. The van der Waals surface area contributed by atoms with Crippen LogP contribution in [0.1, 0.15) is 21.6 Å². The average molecular weight is 284 g/mol. The third-order valence-electron chi connectivity index (χ3n) is 3.30. The van der Waals surface area contributed by atoms with Gasteiger partial charge in [-0.1, -0.05) is 23.4 Å². The number of hydrogen-bond acceptors (Lipinski definition) is 3. The first kappa shape index (κ1) is 14.2. The minimum atomic E-state index is -0.393. The maximum absolute atomic E-state index is 12.2. The molecule has 5 nitrogen and oxygen atoms in total. The first-order valence-corrected chi connectivity index (χ1v) is 6.58. The molecule has 0 fully saturated rings. The molecule has 0 unspecified atom stereocenters. The second kappa shape index (κ2) is 5.42. The van der Waals surface area contributed by atoms with E-state index in [1.807, 2.05) is 19.9 Å². The quantitative estimate of drug-likeness (QED) is 0.814. The van der Waals surface area contributed by atoms with E-state index in [9.17, 15) is 9.59 Å². The van der Waals surface area contributed by atoms with Gasteiger partial charge in [-0.2, -0.15) is 4.98 Å². The van der Waals surface area contributed by atoms with Crippen LogP contribution in [0.4, 0.5) is 5.82 Å². The number of hydrogen-bond donors (Lipinski definition) is 1. The van der Waals surface area contributed by atoms with Gasteiger partial charge in [-0.05, 0) is 19.9 Å². The summed E-state index contributed by atoms with van der Waals surface area (Å²) in [6.45, 7) is 3.63. The van der Waals surface area contributed by atoms with Crippen molar-refractivity contribution in [3.05, 3.63) is 51.6 Å². The molecule has 1 aromatic heterocycles. The van der Waals surface area contributed by atoms with Crippen molar-refractivity contribution in [1.82, 2.24) is 9.55 Å². The average Bonchev–Trinajstić information content (AvgIpc) is 2.42. The number of nitrogens with one attached hydrogen (secondary N) is 1. The van der Waals surface area contributed by atoms with Gasteiger partial charge < -0.3 is 5.32 Å².